The quantitative estimate of drug-likeness (QED) is 0.169. The minimum atomic E-state index is -0.289. The Hall–Kier alpha value is -8.22. The molecule has 4 heterocycles. The first kappa shape index (κ1) is 51.0. The third-order valence-corrected chi connectivity index (χ3v) is 18.1. The van der Waals surface area contributed by atoms with Gasteiger partial charge in [0, 0.05) is 77.9 Å². The van der Waals surface area contributed by atoms with E-state index in [1.165, 1.54) is 71.8 Å². The fraction of sp³-hybridized carbons (Fsp3) is 0.253. The number of hydrogen-bond acceptors (Lipinski definition) is 4. The molecule has 1 aliphatic carbocycles. The second kappa shape index (κ2) is 17.4. The average molecular weight is 1060 g/mol. The Kier molecular flexibility index (Phi) is 10.9. The van der Waals surface area contributed by atoms with E-state index in [0.29, 0.717) is 7.28 Å². The predicted octanol–water partition coefficient (Wildman–Crippen LogP) is 19.5. The van der Waals surface area contributed by atoms with Gasteiger partial charge >= 0.3 is 0 Å². The molecule has 0 saturated carbocycles. The monoisotopic (exact) mass is 1060 g/mol. The highest BCUT2D eigenvalue weighted by atomic mass is 16.3. The van der Waals surface area contributed by atoms with Gasteiger partial charge in [0.2, 0.25) is 7.28 Å². The summed E-state index contributed by atoms with van der Waals surface area (Å²) < 4.78 is 16.3. The number of anilines is 5. The van der Waals surface area contributed by atoms with Crippen LogP contribution in [0, 0.1) is 0 Å². The smallest absolute Gasteiger partial charge is 0.244 e. The average Bonchev–Trinajstić information content (AvgIpc) is 4.15. The second-order valence-electron chi connectivity index (χ2n) is 28.0. The molecule has 0 fully saturated rings. The lowest BCUT2D eigenvalue weighted by atomic mass is 9.62. The van der Waals surface area contributed by atoms with Crippen molar-refractivity contribution in [3.63, 3.8) is 0 Å². The lowest BCUT2D eigenvalue weighted by molar-refractivity contribution is 0.590. The molecule has 0 atom stereocenters. The van der Waals surface area contributed by atoms with Crippen molar-refractivity contribution in [3.8, 4) is 27.9 Å². The Bertz CT molecular complexity index is 4500. The summed E-state index contributed by atoms with van der Waals surface area (Å²) in [4.78, 5) is 2.44. The van der Waals surface area contributed by atoms with Crippen LogP contribution < -0.4 is 21.3 Å². The minimum absolute atomic E-state index is 0.0310. The van der Waals surface area contributed by atoms with Gasteiger partial charge in [0.05, 0.1) is 16.9 Å². The fourth-order valence-electron chi connectivity index (χ4n) is 13.3. The molecule has 2 aliphatic rings. The van der Waals surface area contributed by atoms with Crippen LogP contribution in [0.15, 0.2) is 179 Å². The first-order valence-electron chi connectivity index (χ1n) is 29.1. The highest BCUT2D eigenvalue weighted by molar-refractivity contribution is 6.73. The molecule has 0 bridgehead atoms. The maximum Gasteiger partial charge on any atom is 0.244 e. The number of para-hydroxylation sites is 1. The SMILES string of the molecule is CC(C)(C)c1ccc(Nc2cc3c(cc2-c2ccc4c5cc6c(cc5n5c4c2Bc2oc4ccc(C(C)(C)C)cc4c2-5)oc2ccccc26)-c2cc(N(c4ccc(C(C)(C)C)cc4)c4ccc(C(C)(C)C)cc4)ccc2C3(C)C)cc1. The Balaban J connectivity index is 1.01. The number of hydrogen-bond donors (Lipinski definition) is 1. The van der Waals surface area contributed by atoms with Crippen molar-refractivity contribution >= 4 is 102 Å². The van der Waals surface area contributed by atoms with E-state index in [-0.39, 0.29) is 27.1 Å². The molecule has 0 amide bonds. The summed E-state index contributed by atoms with van der Waals surface area (Å²) in [5, 5.41) is 9.86. The van der Waals surface area contributed by atoms with Gasteiger partial charge in [0.25, 0.3) is 0 Å². The molecule has 5 nitrogen and oxygen atoms in total. The first-order chi connectivity index (χ1) is 38.4. The molecule has 0 unspecified atom stereocenters. The summed E-state index contributed by atoms with van der Waals surface area (Å²) in [7, 11) is 0.636. The maximum absolute atomic E-state index is 7.09. The molecule has 1 N–H and O–H groups in total. The van der Waals surface area contributed by atoms with Crippen molar-refractivity contribution in [1.29, 1.82) is 0 Å². The maximum atomic E-state index is 7.09. The molecule has 3 aromatic heterocycles. The summed E-state index contributed by atoms with van der Waals surface area (Å²) in [6.07, 6.45) is 0. The number of nitrogens with zero attached hydrogens (tertiary/aromatic N) is 2. The van der Waals surface area contributed by atoms with E-state index >= 15 is 0 Å². The third-order valence-electron chi connectivity index (χ3n) is 18.1. The van der Waals surface area contributed by atoms with Crippen molar-refractivity contribution in [2.45, 2.75) is 124 Å². The molecule has 14 rings (SSSR count). The van der Waals surface area contributed by atoms with Gasteiger partial charge in [-0.05, 0) is 162 Å². The largest absolute Gasteiger partial charge is 0.469 e. The van der Waals surface area contributed by atoms with Crippen LogP contribution in [0.2, 0.25) is 0 Å². The molecule has 9 aromatic carbocycles. The van der Waals surface area contributed by atoms with Gasteiger partial charge in [-0.15, -0.1) is 0 Å². The van der Waals surface area contributed by atoms with E-state index in [9.17, 15) is 0 Å². The number of nitrogens with one attached hydrogen (secondary N) is 1. The molecule has 12 aromatic rings. The molecular formula is C75H72BN3O2. The molecule has 0 saturated heterocycles. The van der Waals surface area contributed by atoms with E-state index < -0.39 is 0 Å². The number of aromatic nitrogens is 1. The van der Waals surface area contributed by atoms with E-state index in [0.717, 1.165) is 83.8 Å². The number of rotatable bonds is 6. The Morgan fingerprint density at radius 2 is 1.01 bits per heavy atom. The summed E-state index contributed by atoms with van der Waals surface area (Å²) in [5.41, 5.74) is 26.3. The van der Waals surface area contributed by atoms with Crippen molar-refractivity contribution in [1.82, 2.24) is 4.57 Å². The molecule has 6 heteroatoms. The van der Waals surface area contributed by atoms with Crippen LogP contribution in [0.25, 0.3) is 82.7 Å². The van der Waals surface area contributed by atoms with Crippen LogP contribution in [0.1, 0.15) is 130 Å². The van der Waals surface area contributed by atoms with E-state index in [1.807, 2.05) is 0 Å². The summed E-state index contributed by atoms with van der Waals surface area (Å²) >= 11 is 0. The zero-order valence-electron chi connectivity index (χ0n) is 49.6. The molecule has 81 heavy (non-hydrogen) atoms. The van der Waals surface area contributed by atoms with Gasteiger partial charge in [-0.1, -0.05) is 176 Å². The summed E-state index contributed by atoms with van der Waals surface area (Å²) in [6.45, 7) is 32.2. The van der Waals surface area contributed by atoms with E-state index in [1.54, 1.807) is 0 Å². The van der Waals surface area contributed by atoms with Gasteiger partial charge in [-0.3, -0.25) is 0 Å². The van der Waals surface area contributed by atoms with Gasteiger partial charge in [0.15, 0.2) is 0 Å². The molecule has 1 aliphatic heterocycles. The molecule has 402 valence electrons. The summed E-state index contributed by atoms with van der Waals surface area (Å²) in [5.74, 6) is 0. The normalized spacial score (nSPS) is 14.0. The number of benzene rings is 9. The van der Waals surface area contributed by atoms with E-state index in [4.69, 9.17) is 8.83 Å². The topological polar surface area (TPSA) is 46.5 Å². The lowest BCUT2D eigenvalue weighted by Gasteiger charge is -2.29. The Labute approximate surface area is 477 Å². The highest BCUT2D eigenvalue weighted by Gasteiger charge is 2.39. The number of furan rings is 2. The van der Waals surface area contributed by atoms with Crippen LogP contribution in [-0.4, -0.2) is 11.8 Å². The van der Waals surface area contributed by atoms with Gasteiger partial charge < -0.3 is 23.6 Å². The summed E-state index contributed by atoms with van der Waals surface area (Å²) in [6, 6.07) is 64.2. The van der Waals surface area contributed by atoms with Crippen LogP contribution >= 0.6 is 0 Å². The van der Waals surface area contributed by atoms with Crippen molar-refractivity contribution in [2.24, 2.45) is 0 Å². The first-order valence-corrected chi connectivity index (χ1v) is 29.1. The Morgan fingerprint density at radius 1 is 0.432 bits per heavy atom. The molecular weight excluding hydrogens is 986 g/mol. The minimum Gasteiger partial charge on any atom is -0.469 e. The van der Waals surface area contributed by atoms with Gasteiger partial charge in [-0.25, -0.2) is 0 Å². The van der Waals surface area contributed by atoms with E-state index in [2.05, 4.69) is 282 Å². The highest BCUT2D eigenvalue weighted by Crippen LogP contribution is 2.54. The van der Waals surface area contributed by atoms with Gasteiger partial charge in [-0.2, -0.15) is 0 Å². The fourth-order valence-corrected chi connectivity index (χ4v) is 13.3. The van der Waals surface area contributed by atoms with Gasteiger partial charge in [0.1, 0.15) is 16.7 Å². The second-order valence-corrected chi connectivity index (χ2v) is 28.0. The standard InChI is InChI=1S/C75H72BN3O2/c1-71(2,3)43-19-26-47(27-20-43)77-62-41-61-55(54-38-50(32-35-60(54)75(61,13)14)78(48-28-21-44(22-29-48)72(4,5)6)49-30-23-45(24-31-49)73(7,8)9)39-56(62)52-33-34-53-57-40-58-51-17-15-16-18-64(51)80-66(58)42-63(57)79-68(53)67(52)76-70-69(79)59-37-46(74(10,11)12)25-36-65(59)81-70/h15-42,76-77H,1-14H3. The third kappa shape index (κ3) is 8.10. The van der Waals surface area contributed by atoms with Crippen molar-refractivity contribution in [3.05, 3.63) is 203 Å². The van der Waals surface area contributed by atoms with Crippen LogP contribution in [0.3, 0.4) is 0 Å². The molecule has 0 spiro atoms. The van der Waals surface area contributed by atoms with Crippen LogP contribution in [-0.2, 0) is 27.1 Å². The zero-order chi connectivity index (χ0) is 56.4. The van der Waals surface area contributed by atoms with Crippen LogP contribution in [0.5, 0.6) is 0 Å². The lowest BCUT2D eigenvalue weighted by Crippen LogP contribution is -2.36. The Morgan fingerprint density at radius 3 is 1.65 bits per heavy atom. The predicted molar refractivity (Wildman–Crippen MR) is 346 cm³/mol. The van der Waals surface area contributed by atoms with Crippen molar-refractivity contribution < 1.29 is 8.83 Å². The number of fused-ring (bicyclic) bond motifs is 13. The molecule has 0 radical (unpaired) electrons. The zero-order valence-corrected chi connectivity index (χ0v) is 49.6. The van der Waals surface area contributed by atoms with Crippen LogP contribution in [0.4, 0.5) is 28.4 Å². The van der Waals surface area contributed by atoms with Crippen molar-refractivity contribution in [2.75, 3.05) is 10.2 Å².